The molecule has 10 heteroatoms. The van der Waals surface area contributed by atoms with E-state index < -0.39 is 8.07 Å². The fourth-order valence-corrected chi connectivity index (χ4v) is 7.10. The lowest BCUT2D eigenvalue weighted by molar-refractivity contribution is -0.147. The van der Waals surface area contributed by atoms with Gasteiger partial charge in [0.25, 0.3) is 0 Å². The predicted molar refractivity (Wildman–Crippen MR) is 167 cm³/mol. The molecule has 1 aliphatic heterocycles. The molecule has 1 fully saturated rings. The Morgan fingerprint density at radius 3 is 2.62 bits per heavy atom. The highest BCUT2D eigenvalue weighted by atomic mass is 32.2. The molecule has 1 aliphatic carbocycles. The average molecular weight is 591 g/mol. The summed E-state index contributed by atoms with van der Waals surface area (Å²) in [4.78, 5) is 15.8. The lowest BCUT2D eigenvalue weighted by Gasteiger charge is -2.50. The normalized spacial score (nSPS) is 20.8. The van der Waals surface area contributed by atoms with E-state index in [1.165, 1.54) is 17.3 Å². The van der Waals surface area contributed by atoms with E-state index in [0.717, 1.165) is 48.6 Å². The van der Waals surface area contributed by atoms with Gasteiger partial charge in [-0.05, 0) is 62.1 Å². The second-order valence-corrected chi connectivity index (χ2v) is 18.7. The number of hydrogen-bond donors (Lipinski definition) is 0. The van der Waals surface area contributed by atoms with E-state index in [1.807, 2.05) is 12.3 Å². The highest BCUT2D eigenvalue weighted by Crippen LogP contribution is 2.56. The van der Waals surface area contributed by atoms with Crippen LogP contribution in [0.1, 0.15) is 36.6 Å². The number of carbonyl (C=O) groups excluding carboxylic acids is 1. The molecule has 2 atom stereocenters. The number of piperidine rings is 1. The monoisotopic (exact) mass is 590 g/mol. The van der Waals surface area contributed by atoms with E-state index in [4.69, 9.17) is 31.2 Å². The molecule has 1 aromatic carbocycles. The van der Waals surface area contributed by atoms with E-state index in [9.17, 15) is 4.79 Å². The number of aryl methyl sites for hydroxylation is 1. The van der Waals surface area contributed by atoms with Crippen LogP contribution in [0.3, 0.4) is 0 Å². The fraction of sp³-hybridized carbons (Fsp3) is 0.586. The number of thioether (sulfide) groups is 1. The van der Waals surface area contributed by atoms with Crippen LogP contribution < -0.4 is 9.47 Å². The number of ether oxygens (including phenoxy) is 4. The number of likely N-dealkylation sites (tertiary alicyclic amines) is 1. The molecule has 0 radical (unpaired) electrons. The second-order valence-electron chi connectivity index (χ2n) is 11.7. The van der Waals surface area contributed by atoms with Crippen molar-refractivity contribution >= 4 is 59.4 Å². The third-order valence-electron chi connectivity index (χ3n) is 7.98. The van der Waals surface area contributed by atoms with Gasteiger partial charge in [0, 0.05) is 49.8 Å². The highest BCUT2D eigenvalue weighted by Gasteiger charge is 2.49. The first-order valence-corrected chi connectivity index (χ1v) is 18.9. The minimum Gasteiger partial charge on any atom is -0.493 e. The Bertz CT molecular complexity index is 1250. The van der Waals surface area contributed by atoms with Crippen LogP contribution in [-0.2, 0) is 21.3 Å². The zero-order valence-corrected chi connectivity index (χ0v) is 26.9. The summed E-state index contributed by atoms with van der Waals surface area (Å²) in [6.07, 6.45) is 8.65. The van der Waals surface area contributed by atoms with Crippen LogP contribution >= 0.6 is 24.0 Å². The number of aromatic nitrogens is 1. The third-order valence-corrected chi connectivity index (χ3v) is 10.8. The molecule has 4 rings (SSSR count). The number of thiocarbonyl (C=S) groups is 1. The highest BCUT2D eigenvalue weighted by molar-refractivity contribution is 8.22. The second kappa shape index (κ2) is 12.2. The van der Waals surface area contributed by atoms with Gasteiger partial charge in [0.2, 0.25) is 4.38 Å². The van der Waals surface area contributed by atoms with E-state index in [1.54, 1.807) is 14.2 Å². The van der Waals surface area contributed by atoms with Gasteiger partial charge in [-0.2, -0.15) is 0 Å². The van der Waals surface area contributed by atoms with Gasteiger partial charge in [-0.3, -0.25) is 9.69 Å². The lowest BCUT2D eigenvalue weighted by atomic mass is 9.65. The largest absolute Gasteiger partial charge is 0.493 e. The minimum atomic E-state index is -1.29. The van der Waals surface area contributed by atoms with Crippen molar-refractivity contribution in [3.05, 3.63) is 29.5 Å². The summed E-state index contributed by atoms with van der Waals surface area (Å²) in [5, 5.41) is 1.11. The van der Waals surface area contributed by atoms with E-state index in [2.05, 4.69) is 54.4 Å². The van der Waals surface area contributed by atoms with Crippen LogP contribution in [-0.4, -0.2) is 74.7 Å². The molecule has 0 saturated carbocycles. The number of fused-ring (bicyclic) bond motifs is 5. The van der Waals surface area contributed by atoms with Gasteiger partial charge in [0.1, 0.15) is 6.61 Å². The molecule has 7 nitrogen and oxygen atoms in total. The summed E-state index contributed by atoms with van der Waals surface area (Å²) < 4.78 is 25.9. The van der Waals surface area contributed by atoms with Crippen molar-refractivity contribution in [1.29, 1.82) is 0 Å². The minimum absolute atomic E-state index is 0.0101. The summed E-state index contributed by atoms with van der Waals surface area (Å²) in [5.41, 5.74) is 2.96. The van der Waals surface area contributed by atoms with Crippen molar-refractivity contribution < 1.29 is 23.7 Å². The van der Waals surface area contributed by atoms with Crippen LogP contribution in [0.2, 0.25) is 25.7 Å². The fourth-order valence-electron chi connectivity index (χ4n) is 6.10. The summed E-state index contributed by atoms with van der Waals surface area (Å²) in [6, 6.07) is 5.06. The van der Waals surface area contributed by atoms with Gasteiger partial charge in [-0.15, -0.1) is 0 Å². The van der Waals surface area contributed by atoms with E-state index >= 15 is 0 Å². The molecule has 214 valence electrons. The topological polar surface area (TPSA) is 62.2 Å². The van der Waals surface area contributed by atoms with Gasteiger partial charge in [0.15, 0.2) is 11.5 Å². The van der Waals surface area contributed by atoms with Gasteiger partial charge in [-0.1, -0.05) is 37.5 Å². The van der Waals surface area contributed by atoms with Crippen molar-refractivity contribution in [3.8, 4) is 11.5 Å². The molecule has 1 aromatic heterocycles. The number of methoxy groups -OCH3 is 2. The standard InChI is InChI=1S/C29H42N2O5S2Si/c1-30-21-11-13-29(19-23(32)35-17-18-39(5,6)7)12-8-14-31(15-16-36-28(37)38-4)27(29)24(21)20-9-10-22(33-2)26(34-3)25(20)30/h9-11,13,27H,8,12,14-19H2,1-7H3/t27-,29+/m0/s1. The van der Waals surface area contributed by atoms with Crippen molar-refractivity contribution in [2.24, 2.45) is 12.5 Å². The first kappa shape index (κ1) is 30.0. The number of carbonyl (C=O) groups is 1. The first-order chi connectivity index (χ1) is 18.5. The van der Waals surface area contributed by atoms with Gasteiger partial charge >= 0.3 is 5.97 Å². The molecule has 2 heterocycles. The molecule has 1 saturated heterocycles. The Hall–Kier alpha value is -2.01. The Morgan fingerprint density at radius 1 is 1.18 bits per heavy atom. The SMILES string of the molecule is COc1ccc2c3c(n(C)c2c1OC)C=C[C@@]1(CC(=O)OCC[Si](C)(C)C)CCCN(CCOC(=S)SC)[C@@H]31. The number of hydrogen-bond acceptors (Lipinski definition) is 8. The molecular formula is C29H42N2O5S2Si. The van der Waals surface area contributed by atoms with Crippen LogP contribution in [0.5, 0.6) is 11.5 Å². The number of rotatable bonds is 10. The van der Waals surface area contributed by atoms with Crippen LogP contribution in [0.15, 0.2) is 18.2 Å². The maximum atomic E-state index is 13.3. The Morgan fingerprint density at radius 2 is 1.95 bits per heavy atom. The smallest absolute Gasteiger partial charge is 0.306 e. The average Bonchev–Trinajstić information content (AvgIpc) is 3.18. The van der Waals surface area contributed by atoms with Gasteiger partial charge in [0.05, 0.1) is 32.8 Å². The summed E-state index contributed by atoms with van der Waals surface area (Å²) >= 11 is 6.73. The van der Waals surface area contributed by atoms with Crippen LogP contribution in [0.25, 0.3) is 17.0 Å². The van der Waals surface area contributed by atoms with E-state index in [0.29, 0.717) is 35.5 Å². The molecule has 39 heavy (non-hydrogen) atoms. The summed E-state index contributed by atoms with van der Waals surface area (Å²) in [6.45, 7) is 9.54. The molecule has 2 aromatic rings. The Kier molecular flexibility index (Phi) is 9.40. The Labute approximate surface area is 243 Å². The molecule has 0 spiro atoms. The third kappa shape index (κ3) is 6.18. The van der Waals surface area contributed by atoms with E-state index in [-0.39, 0.29) is 17.4 Å². The molecule has 0 bridgehead atoms. The maximum Gasteiger partial charge on any atom is 0.306 e. The Balaban J connectivity index is 1.76. The van der Waals surface area contributed by atoms with Crippen LogP contribution in [0.4, 0.5) is 0 Å². The van der Waals surface area contributed by atoms with Crippen molar-refractivity contribution in [2.75, 3.05) is 46.8 Å². The molecule has 0 N–H and O–H groups in total. The molecule has 0 unspecified atom stereocenters. The van der Waals surface area contributed by atoms with Crippen molar-refractivity contribution in [3.63, 3.8) is 0 Å². The van der Waals surface area contributed by atoms with Crippen LogP contribution in [0, 0.1) is 5.41 Å². The zero-order chi connectivity index (χ0) is 28.4. The summed E-state index contributed by atoms with van der Waals surface area (Å²) in [7, 11) is 4.11. The maximum absolute atomic E-state index is 13.3. The van der Waals surface area contributed by atoms with Gasteiger partial charge < -0.3 is 23.5 Å². The first-order valence-electron chi connectivity index (χ1n) is 13.6. The predicted octanol–water partition coefficient (Wildman–Crippen LogP) is 6.28. The molecule has 0 amide bonds. The van der Waals surface area contributed by atoms with Gasteiger partial charge in [-0.25, -0.2) is 0 Å². The lowest BCUT2D eigenvalue weighted by Crippen LogP contribution is -2.48. The number of esters is 1. The molecule has 2 aliphatic rings. The quantitative estimate of drug-likeness (QED) is 0.182. The number of nitrogens with zero attached hydrogens (tertiary/aromatic N) is 2. The summed E-state index contributed by atoms with van der Waals surface area (Å²) in [5.74, 6) is 1.30. The zero-order valence-electron chi connectivity index (χ0n) is 24.3. The molecular weight excluding hydrogens is 549 g/mol. The van der Waals surface area contributed by atoms with Crippen molar-refractivity contribution in [2.45, 2.75) is 51.0 Å². The van der Waals surface area contributed by atoms with Crippen molar-refractivity contribution in [1.82, 2.24) is 9.47 Å². The number of benzene rings is 1.